The number of para-hydroxylation sites is 1. The van der Waals surface area contributed by atoms with Gasteiger partial charge in [0.2, 0.25) is 0 Å². The molecule has 0 spiro atoms. The molecular weight excluding hydrogens is 485 g/mol. The Morgan fingerprint density at radius 1 is 0.919 bits per heavy atom. The van der Waals surface area contributed by atoms with E-state index in [9.17, 15) is 22.8 Å². The van der Waals surface area contributed by atoms with Crippen LogP contribution in [0.15, 0.2) is 88.6 Å². The quantitative estimate of drug-likeness (QED) is 0.371. The third-order valence-corrected chi connectivity index (χ3v) is 5.85. The summed E-state index contributed by atoms with van der Waals surface area (Å²) in [5.74, 6) is 0.187. The Hall–Kier alpha value is -4.67. The maximum atomic E-state index is 13.4. The van der Waals surface area contributed by atoms with Gasteiger partial charge in [-0.25, -0.2) is 9.48 Å². The minimum absolute atomic E-state index is 0.111. The largest absolute Gasteiger partial charge is 0.406 e. The van der Waals surface area contributed by atoms with Gasteiger partial charge >= 0.3 is 11.9 Å². The molecule has 5 aromatic rings. The fourth-order valence-corrected chi connectivity index (χ4v) is 4.07. The Labute approximate surface area is 208 Å². The van der Waals surface area contributed by atoms with Gasteiger partial charge in [-0.3, -0.25) is 18.9 Å². The molecule has 0 aliphatic carbocycles. The van der Waals surface area contributed by atoms with Crippen LogP contribution >= 0.6 is 0 Å². The molecule has 0 aliphatic heterocycles. The van der Waals surface area contributed by atoms with Crippen molar-refractivity contribution in [1.82, 2.24) is 23.9 Å². The van der Waals surface area contributed by atoms with E-state index in [-0.39, 0.29) is 23.4 Å². The van der Waals surface area contributed by atoms with Gasteiger partial charge in [0.15, 0.2) is 5.65 Å². The van der Waals surface area contributed by atoms with Crippen molar-refractivity contribution in [3.8, 4) is 11.3 Å². The number of aromatic nitrogens is 5. The fraction of sp³-hybridized carbons (Fsp3) is 0.154. The Balaban J connectivity index is 1.65. The van der Waals surface area contributed by atoms with Crippen LogP contribution in [0.2, 0.25) is 0 Å². The van der Waals surface area contributed by atoms with Crippen molar-refractivity contribution in [2.24, 2.45) is 7.05 Å². The van der Waals surface area contributed by atoms with Gasteiger partial charge in [0.05, 0.1) is 12.2 Å². The summed E-state index contributed by atoms with van der Waals surface area (Å²) < 4.78 is 42.6. The molecule has 0 aliphatic rings. The zero-order chi connectivity index (χ0) is 26.2. The standard InChI is InChI=1S/C26H21F3N6O2/c1-33-24(36)21-22(31-19-7-3-2-4-8-19)35(32-23(21)34(25(33)37)16-26(27,28)29)15-17-10-12-18(13-11-17)20-9-5-6-14-30-20/h2-14,31H,15-16H2,1H3. The van der Waals surface area contributed by atoms with Gasteiger partial charge in [0, 0.05) is 24.5 Å². The molecule has 11 heteroatoms. The van der Waals surface area contributed by atoms with Gasteiger partial charge in [-0.05, 0) is 29.8 Å². The van der Waals surface area contributed by atoms with Crippen molar-refractivity contribution in [2.75, 3.05) is 5.32 Å². The van der Waals surface area contributed by atoms with Crippen LogP contribution in [0.3, 0.4) is 0 Å². The van der Waals surface area contributed by atoms with Gasteiger partial charge in [-0.2, -0.15) is 18.3 Å². The lowest BCUT2D eigenvalue weighted by atomic mass is 10.1. The lowest BCUT2D eigenvalue weighted by molar-refractivity contribution is -0.140. The molecule has 3 heterocycles. The van der Waals surface area contributed by atoms with Gasteiger partial charge < -0.3 is 5.32 Å². The van der Waals surface area contributed by atoms with Gasteiger partial charge in [0.1, 0.15) is 17.7 Å². The first kappa shape index (κ1) is 24.0. The molecule has 188 valence electrons. The Morgan fingerprint density at radius 3 is 2.27 bits per heavy atom. The van der Waals surface area contributed by atoms with E-state index in [0.717, 1.165) is 23.9 Å². The summed E-state index contributed by atoms with van der Waals surface area (Å²) in [6.45, 7) is -1.44. The molecule has 5 rings (SSSR count). The van der Waals surface area contributed by atoms with Crippen LogP contribution in [0.5, 0.6) is 0 Å². The summed E-state index contributed by atoms with van der Waals surface area (Å²) >= 11 is 0. The number of nitrogens with zero attached hydrogens (tertiary/aromatic N) is 5. The Morgan fingerprint density at radius 2 is 1.62 bits per heavy atom. The van der Waals surface area contributed by atoms with E-state index in [4.69, 9.17) is 0 Å². The first-order valence-corrected chi connectivity index (χ1v) is 11.3. The number of nitrogens with one attached hydrogen (secondary N) is 1. The zero-order valence-electron chi connectivity index (χ0n) is 19.6. The molecule has 0 fully saturated rings. The van der Waals surface area contributed by atoms with Crippen molar-refractivity contribution in [3.05, 3.63) is 105 Å². The average Bonchev–Trinajstić information content (AvgIpc) is 3.24. The summed E-state index contributed by atoms with van der Waals surface area (Å²) in [7, 11) is 1.15. The molecule has 0 amide bonds. The van der Waals surface area contributed by atoms with E-state index in [1.54, 1.807) is 30.5 Å². The molecule has 0 atom stereocenters. The molecule has 0 saturated heterocycles. The fourth-order valence-electron chi connectivity index (χ4n) is 4.07. The number of alkyl halides is 3. The second kappa shape index (κ2) is 9.41. The van der Waals surface area contributed by atoms with Crippen molar-refractivity contribution in [1.29, 1.82) is 0 Å². The highest BCUT2D eigenvalue weighted by Gasteiger charge is 2.32. The van der Waals surface area contributed by atoms with Gasteiger partial charge in [-0.15, -0.1) is 0 Å². The molecule has 8 nitrogen and oxygen atoms in total. The van der Waals surface area contributed by atoms with Crippen LogP contribution in [0.25, 0.3) is 22.3 Å². The smallest absolute Gasteiger partial charge is 0.340 e. The monoisotopic (exact) mass is 506 g/mol. The first-order chi connectivity index (χ1) is 17.7. The number of benzene rings is 2. The lowest BCUT2D eigenvalue weighted by Crippen LogP contribution is -2.40. The van der Waals surface area contributed by atoms with Gasteiger partial charge in [-0.1, -0.05) is 48.5 Å². The maximum absolute atomic E-state index is 13.4. The molecular formula is C26H21F3N6O2. The van der Waals surface area contributed by atoms with E-state index in [2.05, 4.69) is 15.4 Å². The predicted molar refractivity (Wildman–Crippen MR) is 134 cm³/mol. The second-order valence-corrected chi connectivity index (χ2v) is 8.46. The number of hydrogen-bond acceptors (Lipinski definition) is 5. The van der Waals surface area contributed by atoms with Crippen LogP contribution in [0, 0.1) is 0 Å². The molecule has 0 unspecified atom stereocenters. The summed E-state index contributed by atoms with van der Waals surface area (Å²) in [5, 5.41) is 7.32. The number of fused-ring (bicyclic) bond motifs is 1. The van der Waals surface area contributed by atoms with E-state index in [1.807, 2.05) is 48.5 Å². The number of rotatable bonds is 6. The third-order valence-electron chi connectivity index (χ3n) is 5.85. The summed E-state index contributed by atoms with van der Waals surface area (Å²) in [4.78, 5) is 30.1. The van der Waals surface area contributed by atoms with Crippen LogP contribution in [-0.2, 0) is 20.1 Å². The summed E-state index contributed by atoms with van der Waals surface area (Å²) in [5.41, 5.74) is 0.903. The average molecular weight is 506 g/mol. The van der Waals surface area contributed by atoms with Crippen LogP contribution in [-0.4, -0.2) is 30.1 Å². The van der Waals surface area contributed by atoms with E-state index in [0.29, 0.717) is 14.8 Å². The SMILES string of the molecule is Cn1c(=O)c2c(Nc3ccccc3)n(Cc3ccc(-c4ccccn4)cc3)nc2n(CC(F)(F)F)c1=O. The summed E-state index contributed by atoms with van der Waals surface area (Å²) in [6.07, 6.45) is -2.99. The van der Waals surface area contributed by atoms with E-state index < -0.39 is 24.0 Å². The molecule has 0 radical (unpaired) electrons. The van der Waals surface area contributed by atoms with Crippen LogP contribution in [0.1, 0.15) is 5.56 Å². The molecule has 37 heavy (non-hydrogen) atoms. The molecule has 0 bridgehead atoms. The Bertz CT molecular complexity index is 1670. The number of hydrogen-bond donors (Lipinski definition) is 1. The molecule has 2 aromatic carbocycles. The lowest BCUT2D eigenvalue weighted by Gasteiger charge is -2.12. The normalized spacial score (nSPS) is 11.7. The predicted octanol–water partition coefficient (Wildman–Crippen LogP) is 4.31. The third kappa shape index (κ3) is 4.88. The summed E-state index contributed by atoms with van der Waals surface area (Å²) in [6, 6.07) is 21.9. The number of halogens is 3. The highest BCUT2D eigenvalue weighted by atomic mass is 19.4. The molecule has 0 saturated carbocycles. The maximum Gasteiger partial charge on any atom is 0.406 e. The minimum atomic E-state index is -4.69. The van der Waals surface area contributed by atoms with E-state index >= 15 is 0 Å². The molecule has 3 aromatic heterocycles. The minimum Gasteiger partial charge on any atom is -0.340 e. The molecule has 1 N–H and O–H groups in total. The highest BCUT2D eigenvalue weighted by Crippen LogP contribution is 2.27. The van der Waals surface area contributed by atoms with Crippen molar-refractivity contribution < 1.29 is 13.2 Å². The van der Waals surface area contributed by atoms with Crippen molar-refractivity contribution in [2.45, 2.75) is 19.3 Å². The van der Waals surface area contributed by atoms with Crippen LogP contribution < -0.4 is 16.6 Å². The highest BCUT2D eigenvalue weighted by molar-refractivity contribution is 5.89. The Kier molecular flexibility index (Phi) is 6.12. The van der Waals surface area contributed by atoms with Crippen molar-refractivity contribution >= 4 is 22.5 Å². The van der Waals surface area contributed by atoms with Crippen molar-refractivity contribution in [3.63, 3.8) is 0 Å². The number of pyridine rings is 1. The van der Waals surface area contributed by atoms with Crippen LogP contribution in [0.4, 0.5) is 24.7 Å². The second-order valence-electron chi connectivity index (χ2n) is 8.46. The zero-order valence-corrected chi connectivity index (χ0v) is 19.6. The topological polar surface area (TPSA) is 86.7 Å². The number of anilines is 2. The van der Waals surface area contributed by atoms with E-state index in [1.165, 1.54) is 4.68 Å². The van der Waals surface area contributed by atoms with Gasteiger partial charge in [0.25, 0.3) is 5.56 Å². The first-order valence-electron chi connectivity index (χ1n) is 11.3.